The molecule has 1 atom stereocenters. The topological polar surface area (TPSA) is 0 Å². The maximum Gasteiger partial charge on any atom is 0.0927 e. The number of halogens is 1. The molecule has 0 radical (unpaired) electrons. The van der Waals surface area contributed by atoms with Crippen molar-refractivity contribution < 1.29 is 0 Å². The van der Waals surface area contributed by atoms with Crippen LogP contribution in [0.25, 0.3) is 0 Å². The summed E-state index contributed by atoms with van der Waals surface area (Å²) < 4.78 is 0. The zero-order valence-electron chi connectivity index (χ0n) is 11.9. The van der Waals surface area contributed by atoms with E-state index in [1.807, 2.05) is 0 Å². The molecule has 0 fully saturated rings. The molecular formula is C17H21ClS. The van der Waals surface area contributed by atoms with E-state index in [0.29, 0.717) is 0 Å². The van der Waals surface area contributed by atoms with Crippen LogP contribution >= 0.6 is 22.9 Å². The Morgan fingerprint density at radius 3 is 2.37 bits per heavy atom. The highest BCUT2D eigenvalue weighted by atomic mass is 35.5. The third kappa shape index (κ3) is 3.61. The van der Waals surface area contributed by atoms with Crippen LogP contribution in [-0.4, -0.2) is 0 Å². The number of alkyl halides is 1. The zero-order valence-corrected chi connectivity index (χ0v) is 13.4. The van der Waals surface area contributed by atoms with Gasteiger partial charge in [-0.1, -0.05) is 37.6 Å². The minimum absolute atomic E-state index is 0.0161. The number of thiophene rings is 1. The molecule has 2 heteroatoms. The second-order valence-corrected chi connectivity index (χ2v) is 6.82. The average molecular weight is 293 g/mol. The minimum atomic E-state index is -0.0161. The highest BCUT2D eigenvalue weighted by molar-refractivity contribution is 7.12. The molecule has 0 N–H and O–H groups in total. The number of aryl methyl sites for hydroxylation is 3. The Hall–Kier alpha value is -0.790. The molecular weight excluding hydrogens is 272 g/mol. The predicted octanol–water partition coefficient (Wildman–Crippen LogP) is 6.04. The van der Waals surface area contributed by atoms with Gasteiger partial charge in [0.2, 0.25) is 0 Å². The smallest absolute Gasteiger partial charge is 0.0927 e. The predicted molar refractivity (Wildman–Crippen MR) is 86.5 cm³/mol. The van der Waals surface area contributed by atoms with Crippen molar-refractivity contribution >= 4 is 22.9 Å². The molecule has 1 heterocycles. The lowest BCUT2D eigenvalue weighted by Gasteiger charge is -2.09. The Morgan fingerprint density at radius 1 is 1.16 bits per heavy atom. The molecule has 0 aliphatic heterocycles. The van der Waals surface area contributed by atoms with Crippen LogP contribution in [0.1, 0.15) is 51.6 Å². The molecule has 0 nitrogen and oxygen atoms in total. The second-order valence-electron chi connectivity index (χ2n) is 5.10. The van der Waals surface area contributed by atoms with E-state index in [-0.39, 0.29) is 5.38 Å². The molecule has 1 unspecified atom stereocenters. The summed E-state index contributed by atoms with van der Waals surface area (Å²) in [6.07, 6.45) is 3.67. The van der Waals surface area contributed by atoms with Crippen molar-refractivity contribution in [2.75, 3.05) is 0 Å². The summed E-state index contributed by atoms with van der Waals surface area (Å²) >= 11 is 8.39. The van der Waals surface area contributed by atoms with Crippen molar-refractivity contribution in [3.05, 3.63) is 56.8 Å². The molecule has 0 saturated heterocycles. The molecule has 0 saturated carbocycles. The summed E-state index contributed by atoms with van der Waals surface area (Å²) in [4.78, 5) is 2.61. The Balaban J connectivity index is 2.13. The first-order chi connectivity index (χ1) is 9.11. The first-order valence-electron chi connectivity index (χ1n) is 6.91. The number of hydrogen-bond donors (Lipinski definition) is 0. The molecule has 0 bridgehead atoms. The molecule has 19 heavy (non-hydrogen) atoms. The van der Waals surface area contributed by atoms with E-state index >= 15 is 0 Å². The van der Waals surface area contributed by atoms with Gasteiger partial charge in [0, 0.05) is 9.75 Å². The van der Waals surface area contributed by atoms with E-state index in [0.717, 1.165) is 0 Å². The Morgan fingerprint density at radius 2 is 1.84 bits per heavy atom. The van der Waals surface area contributed by atoms with Crippen LogP contribution in [0.3, 0.4) is 0 Å². The summed E-state index contributed by atoms with van der Waals surface area (Å²) in [5, 5.41) is -0.0161. The third-order valence-corrected chi connectivity index (χ3v) is 5.36. The summed E-state index contributed by atoms with van der Waals surface area (Å²) in [5.41, 5.74) is 3.95. The van der Waals surface area contributed by atoms with Crippen molar-refractivity contribution in [3.63, 3.8) is 0 Å². The first kappa shape index (κ1) is 14.6. The van der Waals surface area contributed by atoms with Crippen molar-refractivity contribution in [3.8, 4) is 0 Å². The minimum Gasteiger partial charge on any atom is -0.143 e. The lowest BCUT2D eigenvalue weighted by Crippen LogP contribution is -1.91. The van der Waals surface area contributed by atoms with Crippen LogP contribution in [0.5, 0.6) is 0 Å². The third-order valence-electron chi connectivity index (χ3n) is 3.53. The zero-order chi connectivity index (χ0) is 13.8. The van der Waals surface area contributed by atoms with E-state index in [2.05, 4.69) is 51.1 Å². The highest BCUT2D eigenvalue weighted by Crippen LogP contribution is 2.35. The van der Waals surface area contributed by atoms with Crippen LogP contribution < -0.4 is 0 Å². The van der Waals surface area contributed by atoms with Gasteiger partial charge in [-0.05, 0) is 49.4 Å². The van der Waals surface area contributed by atoms with Gasteiger partial charge in [-0.25, -0.2) is 0 Å². The fourth-order valence-corrected chi connectivity index (χ4v) is 3.52. The normalized spacial score (nSPS) is 12.6. The SMILES string of the molecule is CCCCc1ccc(C(Cl)c2cc(C)c(C)s2)cc1. The molecule has 0 aliphatic carbocycles. The van der Waals surface area contributed by atoms with E-state index in [1.54, 1.807) is 11.3 Å². The maximum absolute atomic E-state index is 6.58. The maximum atomic E-state index is 6.58. The number of unbranched alkanes of at least 4 members (excludes halogenated alkanes) is 1. The van der Waals surface area contributed by atoms with Gasteiger partial charge in [0.15, 0.2) is 0 Å². The Labute approximate surface area is 125 Å². The van der Waals surface area contributed by atoms with Gasteiger partial charge < -0.3 is 0 Å². The van der Waals surface area contributed by atoms with E-state index in [4.69, 9.17) is 11.6 Å². The Kier molecular flexibility index (Phi) is 5.06. The molecule has 1 aromatic carbocycles. The van der Waals surface area contributed by atoms with Gasteiger partial charge in [0.25, 0.3) is 0 Å². The van der Waals surface area contributed by atoms with Gasteiger partial charge in [0.05, 0.1) is 5.38 Å². The van der Waals surface area contributed by atoms with Crippen LogP contribution in [0.4, 0.5) is 0 Å². The molecule has 102 valence electrons. The number of rotatable bonds is 5. The van der Waals surface area contributed by atoms with Crippen molar-refractivity contribution in [1.29, 1.82) is 0 Å². The van der Waals surface area contributed by atoms with Crippen LogP contribution in [-0.2, 0) is 6.42 Å². The van der Waals surface area contributed by atoms with Gasteiger partial charge >= 0.3 is 0 Å². The van der Waals surface area contributed by atoms with Crippen LogP contribution in [0, 0.1) is 13.8 Å². The summed E-state index contributed by atoms with van der Waals surface area (Å²) in [7, 11) is 0. The molecule has 0 aliphatic rings. The lowest BCUT2D eigenvalue weighted by atomic mass is 10.0. The van der Waals surface area contributed by atoms with Crippen LogP contribution in [0.2, 0.25) is 0 Å². The number of hydrogen-bond acceptors (Lipinski definition) is 1. The molecule has 0 amide bonds. The van der Waals surface area contributed by atoms with E-state index in [1.165, 1.54) is 45.7 Å². The van der Waals surface area contributed by atoms with Gasteiger partial charge in [0.1, 0.15) is 0 Å². The van der Waals surface area contributed by atoms with Gasteiger partial charge in [-0.3, -0.25) is 0 Å². The molecule has 2 aromatic rings. The van der Waals surface area contributed by atoms with Gasteiger partial charge in [-0.15, -0.1) is 22.9 Å². The van der Waals surface area contributed by atoms with Crippen molar-refractivity contribution in [2.24, 2.45) is 0 Å². The molecule has 2 rings (SSSR count). The summed E-state index contributed by atoms with van der Waals surface area (Å²) in [6, 6.07) is 11.0. The first-order valence-corrected chi connectivity index (χ1v) is 8.17. The van der Waals surface area contributed by atoms with Gasteiger partial charge in [-0.2, -0.15) is 0 Å². The molecule has 0 spiro atoms. The fraction of sp³-hybridized carbons (Fsp3) is 0.412. The monoisotopic (exact) mass is 292 g/mol. The summed E-state index contributed by atoms with van der Waals surface area (Å²) in [5.74, 6) is 0. The largest absolute Gasteiger partial charge is 0.143 e. The fourth-order valence-electron chi connectivity index (χ4n) is 2.13. The van der Waals surface area contributed by atoms with E-state index < -0.39 is 0 Å². The Bertz CT molecular complexity index is 505. The number of benzene rings is 1. The second kappa shape index (κ2) is 6.58. The van der Waals surface area contributed by atoms with Crippen molar-refractivity contribution in [1.82, 2.24) is 0 Å². The van der Waals surface area contributed by atoms with E-state index in [9.17, 15) is 0 Å². The summed E-state index contributed by atoms with van der Waals surface area (Å²) in [6.45, 7) is 6.53. The quantitative estimate of drug-likeness (QED) is 0.590. The standard InChI is InChI=1S/C17H21ClS/c1-4-5-6-14-7-9-15(10-8-14)17(18)16-11-12(2)13(3)19-16/h7-11,17H,4-6H2,1-3H3. The highest BCUT2D eigenvalue weighted by Gasteiger charge is 2.14. The average Bonchev–Trinajstić information content (AvgIpc) is 2.76. The lowest BCUT2D eigenvalue weighted by molar-refractivity contribution is 0.794. The van der Waals surface area contributed by atoms with Crippen molar-refractivity contribution in [2.45, 2.75) is 45.4 Å². The molecule has 1 aromatic heterocycles. The van der Waals surface area contributed by atoms with Crippen LogP contribution in [0.15, 0.2) is 30.3 Å².